The van der Waals surface area contributed by atoms with Crippen molar-refractivity contribution in [3.8, 4) is 0 Å². The number of nitrogens with one attached hydrogen (secondary N) is 1. The quantitative estimate of drug-likeness (QED) is 0.840. The van der Waals surface area contributed by atoms with Crippen molar-refractivity contribution < 1.29 is 4.74 Å². The summed E-state index contributed by atoms with van der Waals surface area (Å²) in [5.41, 5.74) is 1.23. The highest BCUT2D eigenvalue weighted by molar-refractivity contribution is 5.11. The lowest BCUT2D eigenvalue weighted by molar-refractivity contribution is 0.0904. The van der Waals surface area contributed by atoms with E-state index in [1.54, 1.807) is 0 Å². The third kappa shape index (κ3) is 2.69. The summed E-state index contributed by atoms with van der Waals surface area (Å²) in [5.74, 6) is 1.56. The van der Waals surface area contributed by atoms with Gasteiger partial charge in [-0.1, -0.05) is 0 Å². The monoisotopic (exact) mass is 235 g/mol. The third-order valence-electron chi connectivity index (χ3n) is 3.80. The average molecular weight is 235 g/mol. The van der Waals surface area contributed by atoms with Gasteiger partial charge < -0.3 is 10.1 Å². The molecule has 0 bridgehead atoms. The second-order valence-corrected chi connectivity index (χ2v) is 5.39. The lowest BCUT2D eigenvalue weighted by Gasteiger charge is -2.17. The zero-order chi connectivity index (χ0) is 11.7. The van der Waals surface area contributed by atoms with Gasteiger partial charge in [0.05, 0.1) is 12.3 Å². The van der Waals surface area contributed by atoms with Crippen LogP contribution < -0.4 is 5.32 Å². The SMILES string of the molecule is Cn1cc([C@@H]2OCC[C@@H]2CNCC2CC2)cn1. The Kier molecular flexibility index (Phi) is 3.16. The molecule has 2 aliphatic rings. The first-order chi connectivity index (χ1) is 8.33. The molecule has 0 unspecified atom stereocenters. The molecular formula is C13H21N3O. The van der Waals surface area contributed by atoms with E-state index in [0.717, 1.165) is 25.5 Å². The molecule has 1 N–H and O–H groups in total. The number of hydrogen-bond donors (Lipinski definition) is 1. The molecule has 1 aromatic heterocycles. The van der Waals surface area contributed by atoms with Gasteiger partial charge in [-0.2, -0.15) is 5.10 Å². The third-order valence-corrected chi connectivity index (χ3v) is 3.80. The molecule has 1 saturated carbocycles. The summed E-state index contributed by atoms with van der Waals surface area (Å²) in [4.78, 5) is 0. The topological polar surface area (TPSA) is 39.1 Å². The Morgan fingerprint density at radius 2 is 2.29 bits per heavy atom. The Balaban J connectivity index is 1.55. The lowest BCUT2D eigenvalue weighted by Crippen LogP contribution is -2.26. The Bertz CT molecular complexity index is 372. The number of rotatable bonds is 5. The lowest BCUT2D eigenvalue weighted by atomic mass is 9.97. The van der Waals surface area contributed by atoms with Crippen molar-refractivity contribution in [1.29, 1.82) is 0 Å². The molecule has 0 spiro atoms. The summed E-state index contributed by atoms with van der Waals surface area (Å²) in [6.45, 7) is 3.15. The zero-order valence-corrected chi connectivity index (χ0v) is 10.4. The first-order valence-electron chi connectivity index (χ1n) is 6.64. The maximum absolute atomic E-state index is 5.84. The largest absolute Gasteiger partial charge is 0.373 e. The van der Waals surface area contributed by atoms with Crippen molar-refractivity contribution in [2.45, 2.75) is 25.4 Å². The molecule has 3 rings (SSSR count). The van der Waals surface area contributed by atoms with Gasteiger partial charge in [-0.25, -0.2) is 0 Å². The van der Waals surface area contributed by atoms with Crippen molar-refractivity contribution in [2.75, 3.05) is 19.7 Å². The summed E-state index contributed by atoms with van der Waals surface area (Å²) in [5, 5.41) is 7.82. The van der Waals surface area contributed by atoms with Crippen LogP contribution in [0.5, 0.6) is 0 Å². The fourth-order valence-corrected chi connectivity index (χ4v) is 2.59. The maximum atomic E-state index is 5.84. The first kappa shape index (κ1) is 11.2. The predicted octanol–water partition coefficient (Wildman–Crippen LogP) is 1.50. The Morgan fingerprint density at radius 1 is 1.41 bits per heavy atom. The summed E-state index contributed by atoms with van der Waals surface area (Å²) in [7, 11) is 1.96. The van der Waals surface area contributed by atoms with E-state index in [9.17, 15) is 0 Å². The van der Waals surface area contributed by atoms with Gasteiger partial charge in [0, 0.05) is 37.9 Å². The highest BCUT2D eigenvalue weighted by Gasteiger charge is 2.30. The predicted molar refractivity (Wildman–Crippen MR) is 65.6 cm³/mol. The van der Waals surface area contributed by atoms with E-state index in [2.05, 4.69) is 16.6 Å². The number of hydrogen-bond acceptors (Lipinski definition) is 3. The standard InChI is InChI=1S/C13H21N3O/c1-16-9-12(8-15-16)13-11(4-5-17-13)7-14-6-10-2-3-10/h8-11,13-14H,2-7H2,1H3/t11-,13-/m1/s1. The highest BCUT2D eigenvalue weighted by Crippen LogP contribution is 2.34. The molecule has 1 aromatic rings. The summed E-state index contributed by atoms with van der Waals surface area (Å²) >= 11 is 0. The van der Waals surface area contributed by atoms with Crippen LogP contribution in [-0.2, 0) is 11.8 Å². The summed E-state index contributed by atoms with van der Waals surface area (Å²) in [6, 6.07) is 0. The smallest absolute Gasteiger partial charge is 0.0896 e. The molecule has 2 fully saturated rings. The molecule has 1 aliphatic heterocycles. The highest BCUT2D eigenvalue weighted by atomic mass is 16.5. The number of nitrogens with zero attached hydrogens (tertiary/aromatic N) is 2. The number of aromatic nitrogens is 2. The van der Waals surface area contributed by atoms with Crippen LogP contribution in [0.1, 0.15) is 30.9 Å². The van der Waals surface area contributed by atoms with Gasteiger partial charge in [0.15, 0.2) is 0 Å². The van der Waals surface area contributed by atoms with Crippen LogP contribution in [0.15, 0.2) is 12.4 Å². The number of ether oxygens (including phenoxy) is 1. The van der Waals surface area contributed by atoms with E-state index in [4.69, 9.17) is 4.74 Å². The molecule has 1 saturated heterocycles. The van der Waals surface area contributed by atoms with Crippen LogP contribution >= 0.6 is 0 Å². The van der Waals surface area contributed by atoms with Gasteiger partial charge >= 0.3 is 0 Å². The zero-order valence-electron chi connectivity index (χ0n) is 10.4. The van der Waals surface area contributed by atoms with Gasteiger partial charge in [-0.05, 0) is 31.7 Å². The molecular weight excluding hydrogens is 214 g/mol. The van der Waals surface area contributed by atoms with Crippen LogP contribution in [0.3, 0.4) is 0 Å². The average Bonchev–Trinajstić information content (AvgIpc) is 2.85. The van der Waals surface area contributed by atoms with Gasteiger partial charge in [-0.3, -0.25) is 4.68 Å². The first-order valence-corrected chi connectivity index (χ1v) is 6.64. The minimum absolute atomic E-state index is 0.246. The molecule has 0 radical (unpaired) electrons. The van der Waals surface area contributed by atoms with E-state index < -0.39 is 0 Å². The fraction of sp³-hybridized carbons (Fsp3) is 0.769. The molecule has 4 heteroatoms. The van der Waals surface area contributed by atoms with Crippen molar-refractivity contribution in [3.05, 3.63) is 18.0 Å². The second kappa shape index (κ2) is 4.78. The molecule has 94 valence electrons. The minimum atomic E-state index is 0.246. The molecule has 17 heavy (non-hydrogen) atoms. The molecule has 4 nitrogen and oxygen atoms in total. The van der Waals surface area contributed by atoms with Gasteiger partial charge in [0.2, 0.25) is 0 Å². The minimum Gasteiger partial charge on any atom is -0.373 e. The van der Waals surface area contributed by atoms with Crippen LogP contribution in [-0.4, -0.2) is 29.5 Å². The Labute approximate surface area is 102 Å². The normalized spacial score (nSPS) is 28.8. The van der Waals surface area contributed by atoms with Crippen LogP contribution in [0.4, 0.5) is 0 Å². The van der Waals surface area contributed by atoms with Crippen molar-refractivity contribution >= 4 is 0 Å². The van der Waals surface area contributed by atoms with E-state index in [-0.39, 0.29) is 6.10 Å². The van der Waals surface area contributed by atoms with Crippen molar-refractivity contribution in [1.82, 2.24) is 15.1 Å². The molecule has 0 amide bonds. The Morgan fingerprint density at radius 3 is 3.00 bits per heavy atom. The Hall–Kier alpha value is -0.870. The van der Waals surface area contributed by atoms with Gasteiger partial charge in [0.25, 0.3) is 0 Å². The summed E-state index contributed by atoms with van der Waals surface area (Å²) in [6.07, 6.45) is 8.25. The molecule has 1 aliphatic carbocycles. The molecule has 2 atom stereocenters. The second-order valence-electron chi connectivity index (χ2n) is 5.39. The summed E-state index contributed by atoms with van der Waals surface area (Å²) < 4.78 is 7.70. The number of aryl methyl sites for hydroxylation is 1. The van der Waals surface area contributed by atoms with E-state index >= 15 is 0 Å². The van der Waals surface area contributed by atoms with Gasteiger partial charge in [-0.15, -0.1) is 0 Å². The van der Waals surface area contributed by atoms with Crippen LogP contribution in [0, 0.1) is 11.8 Å². The van der Waals surface area contributed by atoms with Crippen LogP contribution in [0.2, 0.25) is 0 Å². The van der Waals surface area contributed by atoms with Gasteiger partial charge in [0.1, 0.15) is 0 Å². The molecule has 2 heterocycles. The molecule has 0 aromatic carbocycles. The van der Waals surface area contributed by atoms with E-state index in [1.807, 2.05) is 17.9 Å². The van der Waals surface area contributed by atoms with E-state index in [0.29, 0.717) is 5.92 Å². The maximum Gasteiger partial charge on any atom is 0.0896 e. The van der Waals surface area contributed by atoms with E-state index in [1.165, 1.54) is 24.9 Å². The van der Waals surface area contributed by atoms with Crippen LogP contribution in [0.25, 0.3) is 0 Å². The fourth-order valence-electron chi connectivity index (χ4n) is 2.59. The van der Waals surface area contributed by atoms with Crippen molar-refractivity contribution in [2.24, 2.45) is 18.9 Å². The van der Waals surface area contributed by atoms with Crippen molar-refractivity contribution in [3.63, 3.8) is 0 Å².